The van der Waals surface area contributed by atoms with Crippen LogP contribution in [0.4, 0.5) is 11.5 Å². The number of nitrogens with one attached hydrogen (secondary N) is 1. The van der Waals surface area contributed by atoms with Gasteiger partial charge in [0.2, 0.25) is 0 Å². The number of hydrogen-bond donors (Lipinski definition) is 1. The van der Waals surface area contributed by atoms with E-state index in [2.05, 4.69) is 31.3 Å². The minimum absolute atomic E-state index is 0.00925. The van der Waals surface area contributed by atoms with Crippen LogP contribution >= 0.6 is 15.9 Å². The van der Waals surface area contributed by atoms with Crippen LogP contribution in [-0.4, -0.2) is 46.8 Å². The maximum absolute atomic E-state index is 13.2. The number of nitrogens with zero attached hydrogens (tertiary/aromatic N) is 4. The van der Waals surface area contributed by atoms with Gasteiger partial charge in [0.25, 0.3) is 5.91 Å². The smallest absolute Gasteiger partial charge is 0.259 e. The van der Waals surface area contributed by atoms with Gasteiger partial charge in [0, 0.05) is 18.8 Å². The Balaban J connectivity index is 1.72. The van der Waals surface area contributed by atoms with Gasteiger partial charge in [-0.15, -0.1) is 0 Å². The molecule has 1 fully saturated rings. The van der Waals surface area contributed by atoms with Gasteiger partial charge in [-0.2, -0.15) is 5.10 Å². The lowest BCUT2D eigenvalue weighted by Crippen LogP contribution is -2.52. The Morgan fingerprint density at radius 3 is 2.84 bits per heavy atom. The molecule has 1 N–H and O–H groups in total. The van der Waals surface area contributed by atoms with E-state index in [4.69, 9.17) is 4.74 Å². The van der Waals surface area contributed by atoms with Gasteiger partial charge < -0.3 is 10.1 Å². The molecule has 0 bridgehead atoms. The lowest BCUT2D eigenvalue weighted by molar-refractivity contribution is 0.00808. The summed E-state index contributed by atoms with van der Waals surface area (Å²) in [5, 5.41) is 7.24. The summed E-state index contributed by atoms with van der Waals surface area (Å²) in [6.45, 7) is 1.03. The van der Waals surface area contributed by atoms with Gasteiger partial charge in [0.05, 0.1) is 47.3 Å². The van der Waals surface area contributed by atoms with Crippen molar-refractivity contribution in [2.24, 2.45) is 0 Å². The van der Waals surface area contributed by atoms with Crippen molar-refractivity contribution < 1.29 is 9.53 Å². The minimum Gasteiger partial charge on any atom is -0.387 e. The molecule has 4 heterocycles. The van der Waals surface area contributed by atoms with Crippen molar-refractivity contribution in [1.29, 1.82) is 0 Å². The van der Waals surface area contributed by atoms with Gasteiger partial charge in [-0.05, 0) is 40.2 Å². The number of halogens is 1. The third-order valence-corrected chi connectivity index (χ3v) is 4.82. The summed E-state index contributed by atoms with van der Waals surface area (Å²) in [7, 11) is 1.83. The van der Waals surface area contributed by atoms with Crippen LogP contribution in [0.25, 0.3) is 5.52 Å². The quantitative estimate of drug-likeness (QED) is 0.727. The Hall–Kier alpha value is -2.45. The highest BCUT2D eigenvalue weighted by molar-refractivity contribution is 9.10. The molecule has 0 aromatic carbocycles. The third kappa shape index (κ3) is 2.87. The fourth-order valence-corrected chi connectivity index (χ4v) is 3.12. The van der Waals surface area contributed by atoms with Gasteiger partial charge in [-0.1, -0.05) is 0 Å². The van der Waals surface area contributed by atoms with Crippen LogP contribution in [0.2, 0.25) is 0 Å². The fourth-order valence-electron chi connectivity index (χ4n) is 2.73. The number of hydrogen-bond acceptors (Lipinski definition) is 5. The van der Waals surface area contributed by atoms with Gasteiger partial charge in [-0.3, -0.25) is 9.69 Å². The van der Waals surface area contributed by atoms with E-state index in [1.807, 2.05) is 25.2 Å². The van der Waals surface area contributed by atoms with Gasteiger partial charge in [0.15, 0.2) is 0 Å². The van der Waals surface area contributed by atoms with E-state index in [1.54, 1.807) is 34.1 Å². The number of amides is 1. The normalized spacial score (nSPS) is 14.3. The first-order valence-electron chi connectivity index (χ1n) is 7.85. The van der Waals surface area contributed by atoms with Crippen LogP contribution in [0.5, 0.6) is 0 Å². The maximum Gasteiger partial charge on any atom is 0.259 e. The second kappa shape index (κ2) is 6.45. The van der Waals surface area contributed by atoms with Crippen LogP contribution < -0.4 is 10.2 Å². The summed E-state index contributed by atoms with van der Waals surface area (Å²) in [6.07, 6.45) is 5.20. The van der Waals surface area contributed by atoms with Crippen molar-refractivity contribution in [1.82, 2.24) is 14.6 Å². The largest absolute Gasteiger partial charge is 0.387 e. The summed E-state index contributed by atoms with van der Waals surface area (Å²) in [5.74, 6) is 0.512. The summed E-state index contributed by atoms with van der Waals surface area (Å²) in [6, 6.07) is 7.33. The molecular weight excluding hydrogens is 386 g/mol. The second-order valence-electron chi connectivity index (χ2n) is 5.76. The van der Waals surface area contributed by atoms with E-state index in [0.717, 1.165) is 15.7 Å². The molecule has 0 saturated carbocycles. The number of ether oxygens (including phenoxy) is 1. The molecule has 0 aliphatic carbocycles. The molecule has 3 aromatic rings. The van der Waals surface area contributed by atoms with Crippen molar-refractivity contribution in [2.45, 2.75) is 6.04 Å². The number of fused-ring (bicyclic) bond motifs is 1. The predicted octanol–water partition coefficient (Wildman–Crippen LogP) is 2.58. The van der Waals surface area contributed by atoms with Crippen LogP contribution in [0, 0.1) is 0 Å². The Morgan fingerprint density at radius 1 is 1.36 bits per heavy atom. The first kappa shape index (κ1) is 16.0. The molecule has 1 aliphatic rings. The van der Waals surface area contributed by atoms with E-state index >= 15 is 0 Å². The van der Waals surface area contributed by atoms with Crippen molar-refractivity contribution in [3.05, 3.63) is 52.9 Å². The number of carbonyl (C=O) groups is 1. The van der Waals surface area contributed by atoms with E-state index in [1.165, 1.54) is 0 Å². The monoisotopic (exact) mass is 401 g/mol. The van der Waals surface area contributed by atoms with E-state index in [9.17, 15) is 4.79 Å². The molecule has 1 aliphatic heterocycles. The van der Waals surface area contributed by atoms with Crippen molar-refractivity contribution in [3.63, 3.8) is 0 Å². The third-order valence-electron chi connectivity index (χ3n) is 4.21. The summed E-state index contributed by atoms with van der Waals surface area (Å²) in [5.41, 5.74) is 2.32. The highest BCUT2D eigenvalue weighted by Crippen LogP contribution is 2.25. The lowest BCUT2D eigenvalue weighted by Gasteiger charge is -2.36. The van der Waals surface area contributed by atoms with Crippen molar-refractivity contribution in [3.8, 4) is 0 Å². The average Bonchev–Trinajstić information content (AvgIpc) is 2.98. The Bertz CT molecular complexity index is 920. The molecule has 0 atom stereocenters. The van der Waals surface area contributed by atoms with E-state index in [-0.39, 0.29) is 11.9 Å². The van der Waals surface area contributed by atoms with Crippen LogP contribution in [-0.2, 0) is 4.74 Å². The SMILES string of the molecule is CNc1ccc(N(C(=O)c2ccn3ncc(Br)c3c2)C2COC2)nc1. The van der Waals surface area contributed by atoms with Crippen LogP contribution in [0.15, 0.2) is 47.3 Å². The standard InChI is InChI=1S/C17H16BrN5O2/c1-19-12-2-3-16(20-7-12)23(13-9-25-10-13)17(24)11-4-5-22-15(6-11)14(18)8-21-22/h2-8,13,19H,9-10H2,1H3. The van der Waals surface area contributed by atoms with Gasteiger partial charge in [0.1, 0.15) is 5.82 Å². The molecule has 3 aromatic heterocycles. The second-order valence-corrected chi connectivity index (χ2v) is 6.61. The van der Waals surface area contributed by atoms with Gasteiger partial charge >= 0.3 is 0 Å². The Morgan fingerprint density at radius 2 is 2.20 bits per heavy atom. The molecular formula is C17H16BrN5O2. The fraction of sp³-hybridized carbons (Fsp3) is 0.235. The molecule has 0 spiro atoms. The molecule has 8 heteroatoms. The number of aromatic nitrogens is 3. The lowest BCUT2D eigenvalue weighted by atomic mass is 10.1. The van der Waals surface area contributed by atoms with Crippen molar-refractivity contribution >= 4 is 38.9 Å². The Kier molecular flexibility index (Phi) is 4.14. The zero-order chi connectivity index (χ0) is 17.4. The molecule has 1 saturated heterocycles. The molecule has 25 heavy (non-hydrogen) atoms. The topological polar surface area (TPSA) is 71.8 Å². The number of rotatable bonds is 4. The maximum atomic E-state index is 13.2. The summed E-state index contributed by atoms with van der Waals surface area (Å²) >= 11 is 3.45. The molecule has 1 amide bonds. The molecule has 0 radical (unpaired) electrons. The Labute approximate surface area is 152 Å². The predicted molar refractivity (Wildman–Crippen MR) is 98.1 cm³/mol. The average molecular weight is 402 g/mol. The number of anilines is 2. The molecule has 4 rings (SSSR count). The van der Waals surface area contributed by atoms with E-state index < -0.39 is 0 Å². The zero-order valence-corrected chi connectivity index (χ0v) is 15.1. The van der Waals surface area contributed by atoms with Gasteiger partial charge in [-0.25, -0.2) is 9.50 Å². The number of carbonyl (C=O) groups excluding carboxylic acids is 1. The molecule has 0 unspecified atom stereocenters. The van der Waals surface area contributed by atoms with E-state index in [0.29, 0.717) is 24.6 Å². The summed E-state index contributed by atoms with van der Waals surface area (Å²) < 4.78 is 7.85. The summed E-state index contributed by atoms with van der Waals surface area (Å²) in [4.78, 5) is 19.3. The zero-order valence-electron chi connectivity index (χ0n) is 13.5. The highest BCUT2D eigenvalue weighted by Gasteiger charge is 2.32. The molecule has 128 valence electrons. The van der Waals surface area contributed by atoms with Crippen LogP contribution in [0.3, 0.4) is 0 Å². The minimum atomic E-state index is -0.103. The highest BCUT2D eigenvalue weighted by atomic mass is 79.9. The van der Waals surface area contributed by atoms with Crippen LogP contribution in [0.1, 0.15) is 10.4 Å². The molecule has 7 nitrogen and oxygen atoms in total. The first-order chi connectivity index (χ1) is 12.2. The van der Waals surface area contributed by atoms with Crippen molar-refractivity contribution in [2.75, 3.05) is 30.5 Å². The number of pyridine rings is 2. The first-order valence-corrected chi connectivity index (χ1v) is 8.64.